The number of amides is 3. The quantitative estimate of drug-likeness (QED) is 0.670. The third kappa shape index (κ3) is 5.54. The number of likely N-dealkylation sites (tertiary alicyclic amines) is 1. The molecule has 0 bridgehead atoms. The number of morpholine rings is 1. The van der Waals surface area contributed by atoms with Crippen LogP contribution in [-0.4, -0.2) is 69.0 Å². The number of carbonyl (C=O) groups is 2. The number of nitrogens with one attached hydrogen (secondary N) is 2. The van der Waals surface area contributed by atoms with Gasteiger partial charge in [-0.25, -0.2) is 17.6 Å². The number of ether oxygens (including phenoxy) is 1. The molecule has 2 N–H and O–H groups in total. The van der Waals surface area contributed by atoms with Crippen molar-refractivity contribution in [1.82, 2.24) is 9.21 Å². The Morgan fingerprint density at radius 2 is 1.71 bits per heavy atom. The fourth-order valence-electron chi connectivity index (χ4n) is 4.05. The number of hydrogen-bond donors (Lipinski definition) is 2. The van der Waals surface area contributed by atoms with Gasteiger partial charge in [0.25, 0.3) is 0 Å². The summed E-state index contributed by atoms with van der Waals surface area (Å²) in [6, 6.07) is 12.3. The molecule has 11 heteroatoms. The van der Waals surface area contributed by atoms with Gasteiger partial charge < -0.3 is 20.3 Å². The molecule has 2 aromatic carbocycles. The number of nitrogens with zero attached hydrogens (tertiary/aromatic N) is 2. The predicted octanol–water partition coefficient (Wildman–Crippen LogP) is 2.73. The van der Waals surface area contributed by atoms with Crippen molar-refractivity contribution in [2.24, 2.45) is 5.92 Å². The van der Waals surface area contributed by atoms with Crippen LogP contribution in [0, 0.1) is 11.7 Å². The second-order valence-corrected chi connectivity index (χ2v) is 10.1. The summed E-state index contributed by atoms with van der Waals surface area (Å²) < 4.78 is 46.5. The van der Waals surface area contributed by atoms with E-state index in [0.29, 0.717) is 25.1 Å². The first kappa shape index (κ1) is 24.1. The summed E-state index contributed by atoms with van der Waals surface area (Å²) in [5.74, 6) is -1.70. The molecule has 0 aromatic heterocycles. The Kier molecular flexibility index (Phi) is 7.44. The van der Waals surface area contributed by atoms with Crippen molar-refractivity contribution >= 4 is 33.3 Å². The third-order valence-electron chi connectivity index (χ3n) is 5.89. The zero-order valence-electron chi connectivity index (χ0n) is 18.6. The maximum atomic E-state index is 14.4. The van der Waals surface area contributed by atoms with Gasteiger partial charge in [-0.1, -0.05) is 18.2 Å². The summed E-state index contributed by atoms with van der Waals surface area (Å²) in [6.45, 7) is 1.52. The van der Waals surface area contributed by atoms with Gasteiger partial charge >= 0.3 is 6.03 Å². The number of para-hydroxylation sites is 1. The maximum Gasteiger partial charge on any atom is 0.321 e. The molecule has 9 nitrogen and oxygen atoms in total. The summed E-state index contributed by atoms with van der Waals surface area (Å²) in [5, 5.41) is 5.51. The molecule has 2 fully saturated rings. The van der Waals surface area contributed by atoms with Gasteiger partial charge in [0.05, 0.1) is 19.1 Å². The van der Waals surface area contributed by atoms with Gasteiger partial charge in [0.15, 0.2) is 0 Å². The standard InChI is InChI=1S/C23H27FN4O5S/c24-20-9-8-19(15-21(20)34(31,32)28-11-13-33-14-12-28)25-22(29)17-5-4-10-27(16-17)23(30)26-18-6-2-1-3-7-18/h1-3,6-9,15,17H,4-5,10-14,16H2,(H,25,29)(H,26,30). The summed E-state index contributed by atoms with van der Waals surface area (Å²) in [4.78, 5) is 26.6. The van der Waals surface area contributed by atoms with Crippen molar-refractivity contribution in [3.05, 3.63) is 54.3 Å². The Morgan fingerprint density at radius 1 is 0.971 bits per heavy atom. The minimum absolute atomic E-state index is 0.140. The summed E-state index contributed by atoms with van der Waals surface area (Å²) in [6.07, 6.45) is 1.24. The van der Waals surface area contributed by atoms with Crippen LogP contribution in [-0.2, 0) is 19.6 Å². The van der Waals surface area contributed by atoms with Crippen molar-refractivity contribution in [2.45, 2.75) is 17.7 Å². The molecule has 2 aliphatic heterocycles. The number of anilines is 2. The molecule has 2 heterocycles. The van der Waals surface area contributed by atoms with Crippen LogP contribution >= 0.6 is 0 Å². The highest BCUT2D eigenvalue weighted by atomic mass is 32.2. The van der Waals surface area contributed by atoms with Crippen LogP contribution in [0.25, 0.3) is 0 Å². The fourth-order valence-corrected chi connectivity index (χ4v) is 5.55. The number of rotatable bonds is 5. The largest absolute Gasteiger partial charge is 0.379 e. The number of halogens is 1. The maximum absolute atomic E-state index is 14.4. The monoisotopic (exact) mass is 490 g/mol. The second-order valence-electron chi connectivity index (χ2n) is 8.23. The predicted molar refractivity (Wildman–Crippen MR) is 124 cm³/mol. The average molecular weight is 491 g/mol. The minimum atomic E-state index is -4.06. The van der Waals surface area contributed by atoms with E-state index in [1.165, 1.54) is 10.4 Å². The topological polar surface area (TPSA) is 108 Å². The van der Waals surface area contributed by atoms with Crippen LogP contribution in [0.5, 0.6) is 0 Å². The van der Waals surface area contributed by atoms with Gasteiger partial charge in [-0.05, 0) is 43.2 Å². The van der Waals surface area contributed by atoms with Crippen LogP contribution in [0.2, 0.25) is 0 Å². The Bertz CT molecular complexity index is 1140. The van der Waals surface area contributed by atoms with E-state index in [4.69, 9.17) is 4.74 Å². The summed E-state index contributed by atoms with van der Waals surface area (Å²) in [7, 11) is -4.06. The zero-order valence-corrected chi connectivity index (χ0v) is 19.4. The van der Waals surface area contributed by atoms with E-state index in [-0.39, 0.29) is 50.5 Å². The first-order chi connectivity index (χ1) is 16.3. The molecular weight excluding hydrogens is 463 g/mol. The number of urea groups is 1. The van der Waals surface area contributed by atoms with Crippen LogP contribution in [0.4, 0.5) is 20.6 Å². The third-order valence-corrected chi connectivity index (χ3v) is 7.80. The number of sulfonamides is 1. The molecule has 182 valence electrons. The first-order valence-corrected chi connectivity index (χ1v) is 12.6. The molecule has 1 unspecified atom stereocenters. The van der Waals surface area contributed by atoms with Gasteiger partial charge in [0.1, 0.15) is 10.7 Å². The van der Waals surface area contributed by atoms with Crippen LogP contribution in [0.15, 0.2) is 53.4 Å². The Labute approximate surface area is 197 Å². The number of carbonyl (C=O) groups excluding carboxylic acids is 2. The van der Waals surface area contributed by atoms with Crippen molar-refractivity contribution in [3.63, 3.8) is 0 Å². The van der Waals surface area contributed by atoms with E-state index in [2.05, 4.69) is 10.6 Å². The molecule has 0 aliphatic carbocycles. The Hall–Kier alpha value is -3.02. The Balaban J connectivity index is 1.42. The average Bonchev–Trinajstić information content (AvgIpc) is 2.86. The lowest BCUT2D eigenvalue weighted by atomic mass is 9.97. The summed E-state index contributed by atoms with van der Waals surface area (Å²) in [5.41, 5.74) is 0.850. The molecule has 4 rings (SSSR count). The van der Waals surface area contributed by atoms with Gasteiger partial charge in [0.2, 0.25) is 15.9 Å². The van der Waals surface area contributed by atoms with Crippen LogP contribution in [0.3, 0.4) is 0 Å². The van der Waals surface area contributed by atoms with E-state index in [9.17, 15) is 22.4 Å². The molecular formula is C23H27FN4O5S. The van der Waals surface area contributed by atoms with Crippen molar-refractivity contribution in [1.29, 1.82) is 0 Å². The van der Waals surface area contributed by atoms with Crippen molar-refractivity contribution in [3.8, 4) is 0 Å². The fraction of sp³-hybridized carbons (Fsp3) is 0.391. The van der Waals surface area contributed by atoms with Crippen molar-refractivity contribution in [2.75, 3.05) is 50.0 Å². The van der Waals surface area contributed by atoms with E-state index in [1.54, 1.807) is 17.0 Å². The highest BCUT2D eigenvalue weighted by molar-refractivity contribution is 7.89. The van der Waals surface area contributed by atoms with E-state index in [1.807, 2.05) is 18.2 Å². The normalized spacial score (nSPS) is 19.4. The molecule has 1 atom stereocenters. The minimum Gasteiger partial charge on any atom is -0.379 e. The highest BCUT2D eigenvalue weighted by Crippen LogP contribution is 2.25. The molecule has 2 aromatic rings. The van der Waals surface area contributed by atoms with Gasteiger partial charge in [0, 0.05) is 37.6 Å². The van der Waals surface area contributed by atoms with Crippen molar-refractivity contribution < 1.29 is 27.1 Å². The molecule has 2 aliphatic rings. The lowest BCUT2D eigenvalue weighted by Gasteiger charge is -2.32. The van der Waals surface area contributed by atoms with E-state index < -0.39 is 26.7 Å². The van der Waals surface area contributed by atoms with E-state index >= 15 is 0 Å². The van der Waals surface area contributed by atoms with Crippen LogP contribution < -0.4 is 10.6 Å². The molecule has 2 saturated heterocycles. The molecule has 0 spiro atoms. The Morgan fingerprint density at radius 3 is 2.44 bits per heavy atom. The highest BCUT2D eigenvalue weighted by Gasteiger charge is 2.31. The van der Waals surface area contributed by atoms with E-state index in [0.717, 1.165) is 12.1 Å². The molecule has 0 saturated carbocycles. The lowest BCUT2D eigenvalue weighted by molar-refractivity contribution is -0.121. The molecule has 0 radical (unpaired) electrons. The van der Waals surface area contributed by atoms with Gasteiger partial charge in [-0.3, -0.25) is 4.79 Å². The van der Waals surface area contributed by atoms with Gasteiger partial charge in [-0.2, -0.15) is 4.31 Å². The van der Waals surface area contributed by atoms with Gasteiger partial charge in [-0.15, -0.1) is 0 Å². The number of hydrogen-bond acceptors (Lipinski definition) is 5. The number of piperidine rings is 1. The second kappa shape index (κ2) is 10.5. The summed E-state index contributed by atoms with van der Waals surface area (Å²) >= 11 is 0. The lowest BCUT2D eigenvalue weighted by Crippen LogP contribution is -2.45. The zero-order chi connectivity index (χ0) is 24.1. The first-order valence-electron chi connectivity index (χ1n) is 11.1. The molecule has 3 amide bonds. The SMILES string of the molecule is O=C(Nc1ccc(F)c(S(=O)(=O)N2CCOCC2)c1)C1CCCN(C(=O)Nc2ccccc2)C1. The number of benzene rings is 2. The van der Waals surface area contributed by atoms with Crippen LogP contribution in [0.1, 0.15) is 12.8 Å². The molecule has 34 heavy (non-hydrogen) atoms. The smallest absolute Gasteiger partial charge is 0.321 e.